The molecule has 96 valence electrons. The largest absolute Gasteiger partial charge is 0.378 e. The number of hydrogen-bond donors (Lipinski definition) is 1. The number of ether oxygens (including phenoxy) is 1. The molecule has 1 aliphatic carbocycles. The molecule has 0 radical (unpaired) electrons. The van der Waals surface area contributed by atoms with Crippen molar-refractivity contribution in [3.05, 3.63) is 0 Å². The highest BCUT2D eigenvalue weighted by molar-refractivity contribution is 5.88. The first-order valence-corrected chi connectivity index (χ1v) is 6.20. The van der Waals surface area contributed by atoms with Crippen molar-refractivity contribution in [3.8, 4) is 0 Å². The Balaban J connectivity index is 1.97. The molecule has 1 N–H and O–H groups in total. The van der Waals surface area contributed by atoms with Crippen molar-refractivity contribution in [2.24, 2.45) is 0 Å². The third kappa shape index (κ3) is 2.29. The highest BCUT2D eigenvalue weighted by Crippen LogP contribution is 2.38. The van der Waals surface area contributed by atoms with Gasteiger partial charge in [0.1, 0.15) is 6.04 Å². The van der Waals surface area contributed by atoms with Gasteiger partial charge in [-0.2, -0.15) is 0 Å². The number of piperazine rings is 1. The van der Waals surface area contributed by atoms with Crippen LogP contribution in [0.25, 0.3) is 0 Å². The first kappa shape index (κ1) is 12.4. The van der Waals surface area contributed by atoms with Crippen LogP contribution in [0.15, 0.2) is 0 Å². The van der Waals surface area contributed by atoms with Crippen molar-refractivity contribution in [1.82, 2.24) is 10.2 Å². The number of amides is 2. The summed E-state index contributed by atoms with van der Waals surface area (Å²) in [4.78, 5) is 25.3. The third-order valence-corrected chi connectivity index (χ3v) is 3.99. The van der Waals surface area contributed by atoms with E-state index in [1.54, 1.807) is 18.9 Å². The van der Waals surface area contributed by atoms with Crippen LogP contribution in [-0.4, -0.2) is 48.6 Å². The Kier molecular flexibility index (Phi) is 3.38. The summed E-state index contributed by atoms with van der Waals surface area (Å²) in [7, 11) is 1.67. The fourth-order valence-corrected chi connectivity index (χ4v) is 2.52. The van der Waals surface area contributed by atoms with E-state index in [2.05, 4.69) is 5.32 Å². The first-order chi connectivity index (χ1) is 8.08. The van der Waals surface area contributed by atoms with E-state index in [-0.39, 0.29) is 23.5 Å². The van der Waals surface area contributed by atoms with Crippen molar-refractivity contribution in [1.29, 1.82) is 0 Å². The maximum Gasteiger partial charge on any atom is 0.242 e. The predicted molar refractivity (Wildman–Crippen MR) is 62.4 cm³/mol. The van der Waals surface area contributed by atoms with Crippen molar-refractivity contribution in [2.45, 2.75) is 44.2 Å². The Morgan fingerprint density at radius 2 is 2.29 bits per heavy atom. The molecule has 2 fully saturated rings. The second-order valence-electron chi connectivity index (χ2n) is 4.97. The Morgan fingerprint density at radius 1 is 1.59 bits per heavy atom. The average molecular weight is 240 g/mol. The zero-order valence-electron chi connectivity index (χ0n) is 10.5. The molecule has 2 rings (SSSR count). The number of hydrogen-bond acceptors (Lipinski definition) is 3. The molecule has 2 aliphatic rings. The minimum atomic E-state index is -0.356. The summed E-state index contributed by atoms with van der Waals surface area (Å²) in [6.07, 6.45) is 3.42. The highest BCUT2D eigenvalue weighted by Gasteiger charge is 2.41. The minimum absolute atomic E-state index is 0.0360. The first-order valence-electron chi connectivity index (χ1n) is 6.20. The number of carbonyl (C=O) groups is 2. The van der Waals surface area contributed by atoms with Crippen LogP contribution >= 0.6 is 0 Å². The van der Waals surface area contributed by atoms with Gasteiger partial charge in [-0.3, -0.25) is 9.59 Å². The topological polar surface area (TPSA) is 58.6 Å². The van der Waals surface area contributed by atoms with Crippen LogP contribution in [-0.2, 0) is 14.3 Å². The second kappa shape index (κ2) is 4.64. The molecule has 5 nitrogen and oxygen atoms in total. The van der Waals surface area contributed by atoms with Gasteiger partial charge in [0.15, 0.2) is 0 Å². The molecule has 1 aliphatic heterocycles. The molecule has 1 atom stereocenters. The number of nitrogens with one attached hydrogen (secondary N) is 1. The summed E-state index contributed by atoms with van der Waals surface area (Å²) < 4.78 is 5.45. The number of nitrogens with zero attached hydrogens (tertiary/aromatic N) is 1. The molecule has 1 unspecified atom stereocenters. The molecule has 0 aromatic carbocycles. The molecule has 0 spiro atoms. The summed E-state index contributed by atoms with van der Waals surface area (Å²) in [6, 6.07) is -0.356. The van der Waals surface area contributed by atoms with E-state index in [4.69, 9.17) is 4.74 Å². The monoisotopic (exact) mass is 240 g/mol. The maximum absolute atomic E-state index is 12.2. The van der Waals surface area contributed by atoms with Crippen LogP contribution < -0.4 is 5.32 Å². The van der Waals surface area contributed by atoms with E-state index in [1.165, 1.54) is 0 Å². The molecule has 1 saturated carbocycles. The van der Waals surface area contributed by atoms with E-state index in [9.17, 15) is 9.59 Å². The lowest BCUT2D eigenvalue weighted by molar-refractivity contribution is -0.151. The van der Waals surface area contributed by atoms with E-state index in [0.29, 0.717) is 19.5 Å². The summed E-state index contributed by atoms with van der Waals surface area (Å²) in [5.41, 5.74) is -0.259. The van der Waals surface area contributed by atoms with Crippen LogP contribution in [0.1, 0.15) is 32.6 Å². The second-order valence-corrected chi connectivity index (χ2v) is 4.97. The molecule has 0 aromatic heterocycles. The van der Waals surface area contributed by atoms with Gasteiger partial charge in [-0.15, -0.1) is 0 Å². The van der Waals surface area contributed by atoms with E-state index >= 15 is 0 Å². The standard InChI is InChI=1S/C12H20N2O3/c1-9-11(16)13-6-7-14(9)10(15)8-12(17-2)4-3-5-12/h9H,3-8H2,1-2H3,(H,13,16). The van der Waals surface area contributed by atoms with Gasteiger partial charge in [0.05, 0.1) is 12.0 Å². The van der Waals surface area contributed by atoms with Crippen LogP contribution in [0.2, 0.25) is 0 Å². The van der Waals surface area contributed by atoms with Crippen LogP contribution in [0.4, 0.5) is 0 Å². The molecule has 1 heterocycles. The molecule has 17 heavy (non-hydrogen) atoms. The normalized spacial score (nSPS) is 27.3. The van der Waals surface area contributed by atoms with Gasteiger partial charge in [0.25, 0.3) is 0 Å². The average Bonchev–Trinajstić information content (AvgIpc) is 2.27. The van der Waals surface area contributed by atoms with Crippen molar-refractivity contribution < 1.29 is 14.3 Å². The van der Waals surface area contributed by atoms with Crippen LogP contribution in [0.3, 0.4) is 0 Å². The van der Waals surface area contributed by atoms with Crippen LogP contribution in [0, 0.1) is 0 Å². The van der Waals surface area contributed by atoms with Gasteiger partial charge >= 0.3 is 0 Å². The van der Waals surface area contributed by atoms with Gasteiger partial charge in [-0.05, 0) is 26.2 Å². The third-order valence-electron chi connectivity index (χ3n) is 3.99. The Morgan fingerprint density at radius 3 is 2.82 bits per heavy atom. The quantitative estimate of drug-likeness (QED) is 0.771. The van der Waals surface area contributed by atoms with E-state index in [1.807, 2.05) is 0 Å². The lowest BCUT2D eigenvalue weighted by Crippen LogP contribution is -2.57. The van der Waals surface area contributed by atoms with Gasteiger partial charge in [-0.25, -0.2) is 0 Å². The smallest absolute Gasteiger partial charge is 0.242 e. The zero-order chi connectivity index (χ0) is 12.5. The molecule has 5 heteroatoms. The van der Waals surface area contributed by atoms with Crippen molar-refractivity contribution in [3.63, 3.8) is 0 Å². The summed E-state index contributed by atoms with van der Waals surface area (Å²) in [5.74, 6) is -0.0291. The van der Waals surface area contributed by atoms with Crippen molar-refractivity contribution >= 4 is 11.8 Å². The molecule has 1 saturated heterocycles. The Labute approximate surface area is 101 Å². The summed E-state index contributed by atoms with van der Waals surface area (Å²) in [6.45, 7) is 2.92. The van der Waals surface area contributed by atoms with Crippen LogP contribution in [0.5, 0.6) is 0 Å². The van der Waals surface area contributed by atoms with E-state index in [0.717, 1.165) is 19.3 Å². The molecule has 0 aromatic rings. The SMILES string of the molecule is COC1(CC(=O)N2CCNC(=O)C2C)CCC1. The van der Waals surface area contributed by atoms with Gasteiger partial charge in [-0.1, -0.05) is 0 Å². The van der Waals surface area contributed by atoms with Gasteiger partial charge in [0, 0.05) is 20.2 Å². The molecular formula is C12H20N2O3. The fourth-order valence-electron chi connectivity index (χ4n) is 2.52. The summed E-state index contributed by atoms with van der Waals surface area (Å²) >= 11 is 0. The molecule has 0 bridgehead atoms. The lowest BCUT2D eigenvalue weighted by atomic mass is 9.77. The number of carbonyl (C=O) groups excluding carboxylic acids is 2. The fraction of sp³-hybridized carbons (Fsp3) is 0.833. The minimum Gasteiger partial charge on any atom is -0.378 e. The number of methoxy groups -OCH3 is 1. The lowest BCUT2D eigenvalue weighted by Gasteiger charge is -2.42. The highest BCUT2D eigenvalue weighted by atomic mass is 16.5. The maximum atomic E-state index is 12.2. The zero-order valence-corrected chi connectivity index (χ0v) is 10.5. The Bertz CT molecular complexity index is 320. The van der Waals surface area contributed by atoms with Gasteiger partial charge in [0.2, 0.25) is 11.8 Å². The number of rotatable bonds is 3. The van der Waals surface area contributed by atoms with Crippen molar-refractivity contribution in [2.75, 3.05) is 20.2 Å². The Hall–Kier alpha value is -1.10. The summed E-state index contributed by atoms with van der Waals surface area (Å²) in [5, 5.41) is 2.76. The molecule has 2 amide bonds. The predicted octanol–water partition coefficient (Wildman–Crippen LogP) is 0.292. The van der Waals surface area contributed by atoms with Gasteiger partial charge < -0.3 is 15.0 Å². The van der Waals surface area contributed by atoms with E-state index < -0.39 is 0 Å². The molecular weight excluding hydrogens is 220 g/mol.